The molecule has 2 aromatic heterocycles. The molecule has 19 heavy (non-hydrogen) atoms. The molecule has 1 N–H and O–H groups in total. The number of rotatable bonds is 3. The average molecular weight is 259 g/mol. The van der Waals surface area contributed by atoms with Crippen LogP contribution in [0.25, 0.3) is 5.65 Å². The van der Waals surface area contributed by atoms with Gasteiger partial charge in [-0.25, -0.2) is 0 Å². The highest BCUT2D eigenvalue weighted by molar-refractivity contribution is 5.37. The summed E-state index contributed by atoms with van der Waals surface area (Å²) in [4.78, 5) is 0. The molecule has 2 aromatic rings. The van der Waals surface area contributed by atoms with Gasteiger partial charge in [-0.2, -0.15) is 9.61 Å². The highest BCUT2D eigenvalue weighted by Gasteiger charge is 2.21. The zero-order valence-corrected chi connectivity index (χ0v) is 11.6. The van der Waals surface area contributed by atoms with E-state index in [0.29, 0.717) is 11.8 Å². The average Bonchev–Trinajstić information content (AvgIpc) is 2.82. The Morgan fingerprint density at radius 3 is 3.00 bits per heavy atom. The lowest BCUT2D eigenvalue weighted by atomic mass is 9.99. The van der Waals surface area contributed by atoms with E-state index >= 15 is 0 Å². The van der Waals surface area contributed by atoms with Crippen molar-refractivity contribution < 1.29 is 0 Å². The Labute approximate surface area is 113 Å². The molecule has 1 aliphatic rings. The number of hydrogen-bond acceptors (Lipinski definition) is 4. The first-order valence-corrected chi connectivity index (χ1v) is 7.16. The lowest BCUT2D eigenvalue weighted by Gasteiger charge is -2.20. The molecule has 1 fully saturated rings. The summed E-state index contributed by atoms with van der Waals surface area (Å²) in [6, 6.07) is 4.09. The Balaban J connectivity index is 1.95. The van der Waals surface area contributed by atoms with E-state index in [2.05, 4.69) is 35.4 Å². The summed E-state index contributed by atoms with van der Waals surface area (Å²) in [5.74, 6) is 2.06. The van der Waals surface area contributed by atoms with Crippen molar-refractivity contribution in [1.29, 1.82) is 0 Å². The maximum Gasteiger partial charge on any atom is 0.177 e. The summed E-state index contributed by atoms with van der Waals surface area (Å²) in [7, 11) is 0. The first kappa shape index (κ1) is 12.5. The SMILES string of the molecule is CC(C)Cc1ccc2nnc(C3CCCNC3)n2n1. The molecule has 0 saturated carbocycles. The van der Waals surface area contributed by atoms with Gasteiger partial charge in [0.2, 0.25) is 0 Å². The van der Waals surface area contributed by atoms with Gasteiger partial charge in [0.15, 0.2) is 11.5 Å². The Bertz CT molecular complexity index is 554. The van der Waals surface area contributed by atoms with Crippen LogP contribution in [0.5, 0.6) is 0 Å². The Morgan fingerprint density at radius 1 is 1.37 bits per heavy atom. The molecule has 1 unspecified atom stereocenters. The molecule has 0 spiro atoms. The second-order valence-corrected chi connectivity index (χ2v) is 5.79. The number of aromatic nitrogens is 4. The summed E-state index contributed by atoms with van der Waals surface area (Å²) >= 11 is 0. The maximum atomic E-state index is 4.71. The number of hydrogen-bond donors (Lipinski definition) is 1. The van der Waals surface area contributed by atoms with Crippen molar-refractivity contribution in [2.24, 2.45) is 5.92 Å². The van der Waals surface area contributed by atoms with Crippen molar-refractivity contribution in [2.45, 2.75) is 39.0 Å². The zero-order chi connectivity index (χ0) is 13.2. The quantitative estimate of drug-likeness (QED) is 0.913. The maximum absolute atomic E-state index is 4.71. The van der Waals surface area contributed by atoms with Gasteiger partial charge in [0.05, 0.1) is 5.69 Å². The fraction of sp³-hybridized carbons (Fsp3) is 0.643. The summed E-state index contributed by atoms with van der Waals surface area (Å²) in [6.07, 6.45) is 3.37. The van der Waals surface area contributed by atoms with Crippen molar-refractivity contribution in [3.05, 3.63) is 23.7 Å². The zero-order valence-electron chi connectivity index (χ0n) is 11.6. The van der Waals surface area contributed by atoms with E-state index < -0.39 is 0 Å². The minimum atomic E-state index is 0.436. The molecule has 0 aromatic carbocycles. The monoisotopic (exact) mass is 259 g/mol. The highest BCUT2D eigenvalue weighted by Crippen LogP contribution is 2.21. The highest BCUT2D eigenvalue weighted by atomic mass is 15.4. The van der Waals surface area contributed by atoms with Gasteiger partial charge in [-0.1, -0.05) is 13.8 Å². The molecule has 5 nitrogen and oxygen atoms in total. The summed E-state index contributed by atoms with van der Waals surface area (Å²) in [6.45, 7) is 6.52. The summed E-state index contributed by atoms with van der Waals surface area (Å²) in [5, 5.41) is 16.7. The van der Waals surface area contributed by atoms with Crippen LogP contribution in [0.4, 0.5) is 0 Å². The third-order valence-corrected chi connectivity index (χ3v) is 3.62. The molecule has 1 saturated heterocycles. The van der Waals surface area contributed by atoms with E-state index in [1.54, 1.807) is 0 Å². The molecule has 0 bridgehead atoms. The van der Waals surface area contributed by atoms with Gasteiger partial charge in [-0.15, -0.1) is 10.2 Å². The largest absolute Gasteiger partial charge is 0.316 e. The molecular formula is C14H21N5. The van der Waals surface area contributed by atoms with Crippen LogP contribution in [0.15, 0.2) is 12.1 Å². The van der Waals surface area contributed by atoms with Crippen LogP contribution < -0.4 is 5.32 Å². The van der Waals surface area contributed by atoms with Gasteiger partial charge in [0.25, 0.3) is 0 Å². The fourth-order valence-electron chi connectivity index (χ4n) is 2.70. The molecule has 1 atom stereocenters. The summed E-state index contributed by atoms with van der Waals surface area (Å²) in [5.41, 5.74) is 1.97. The number of fused-ring (bicyclic) bond motifs is 1. The van der Waals surface area contributed by atoms with Gasteiger partial charge in [0, 0.05) is 12.5 Å². The molecular weight excluding hydrogens is 238 g/mol. The van der Waals surface area contributed by atoms with E-state index in [-0.39, 0.29) is 0 Å². The topological polar surface area (TPSA) is 55.1 Å². The van der Waals surface area contributed by atoms with Crippen molar-refractivity contribution in [1.82, 2.24) is 25.1 Å². The fourth-order valence-corrected chi connectivity index (χ4v) is 2.70. The predicted molar refractivity (Wildman–Crippen MR) is 74.2 cm³/mol. The van der Waals surface area contributed by atoms with E-state index in [4.69, 9.17) is 5.10 Å². The van der Waals surface area contributed by atoms with E-state index in [9.17, 15) is 0 Å². The minimum absolute atomic E-state index is 0.436. The second kappa shape index (κ2) is 5.25. The van der Waals surface area contributed by atoms with Crippen molar-refractivity contribution in [3.8, 4) is 0 Å². The molecule has 5 heteroatoms. The van der Waals surface area contributed by atoms with Crippen molar-refractivity contribution in [2.75, 3.05) is 13.1 Å². The molecule has 3 heterocycles. The van der Waals surface area contributed by atoms with Gasteiger partial charge in [-0.05, 0) is 43.9 Å². The van der Waals surface area contributed by atoms with Gasteiger partial charge in [0.1, 0.15) is 0 Å². The van der Waals surface area contributed by atoms with E-state index in [1.807, 2.05) is 10.6 Å². The third-order valence-electron chi connectivity index (χ3n) is 3.62. The van der Waals surface area contributed by atoms with Crippen LogP contribution >= 0.6 is 0 Å². The molecule has 0 aliphatic carbocycles. The minimum Gasteiger partial charge on any atom is -0.316 e. The van der Waals surface area contributed by atoms with E-state index in [0.717, 1.165) is 36.7 Å². The number of nitrogens with zero attached hydrogens (tertiary/aromatic N) is 4. The Morgan fingerprint density at radius 2 is 2.26 bits per heavy atom. The first-order chi connectivity index (χ1) is 9.24. The molecule has 102 valence electrons. The predicted octanol–water partition coefficient (Wildman–Crippen LogP) is 1.79. The van der Waals surface area contributed by atoms with Crippen LogP contribution in [0.3, 0.4) is 0 Å². The van der Waals surface area contributed by atoms with Crippen molar-refractivity contribution >= 4 is 5.65 Å². The van der Waals surface area contributed by atoms with Crippen LogP contribution in [0, 0.1) is 5.92 Å². The van der Waals surface area contributed by atoms with Gasteiger partial charge < -0.3 is 5.32 Å². The number of piperidine rings is 1. The van der Waals surface area contributed by atoms with Crippen molar-refractivity contribution in [3.63, 3.8) is 0 Å². The van der Waals surface area contributed by atoms with Crippen LogP contribution in [-0.4, -0.2) is 32.9 Å². The molecule has 1 aliphatic heterocycles. The summed E-state index contributed by atoms with van der Waals surface area (Å²) < 4.78 is 1.94. The standard InChI is InChI=1S/C14H21N5/c1-10(2)8-12-5-6-13-16-17-14(19(13)18-12)11-4-3-7-15-9-11/h5-6,10-11,15H,3-4,7-9H2,1-2H3. The Kier molecular flexibility index (Phi) is 3.46. The number of nitrogens with one attached hydrogen (secondary N) is 1. The molecule has 0 radical (unpaired) electrons. The first-order valence-electron chi connectivity index (χ1n) is 7.16. The smallest absolute Gasteiger partial charge is 0.177 e. The van der Waals surface area contributed by atoms with Crippen LogP contribution in [0.1, 0.15) is 44.1 Å². The molecule has 0 amide bonds. The van der Waals surface area contributed by atoms with Gasteiger partial charge >= 0.3 is 0 Å². The lowest BCUT2D eigenvalue weighted by Crippen LogP contribution is -2.29. The third kappa shape index (κ3) is 2.61. The van der Waals surface area contributed by atoms with Gasteiger partial charge in [-0.3, -0.25) is 0 Å². The normalized spacial score (nSPS) is 20.3. The second-order valence-electron chi connectivity index (χ2n) is 5.79. The molecule has 3 rings (SSSR count). The Hall–Kier alpha value is -1.49. The van der Waals surface area contributed by atoms with Crippen LogP contribution in [-0.2, 0) is 6.42 Å². The van der Waals surface area contributed by atoms with Crippen LogP contribution in [0.2, 0.25) is 0 Å². The lowest BCUT2D eigenvalue weighted by molar-refractivity contribution is 0.439. The van der Waals surface area contributed by atoms with E-state index in [1.165, 1.54) is 12.8 Å².